The fraction of sp³-hybridized carbons (Fsp3) is 0.137. The number of furan rings is 1. The van der Waals surface area contributed by atoms with Gasteiger partial charge in [-0.15, -0.1) is 0 Å². The Labute approximate surface area is 310 Å². The van der Waals surface area contributed by atoms with Gasteiger partial charge in [-0.3, -0.25) is 0 Å². The Balaban J connectivity index is 1.22. The minimum Gasteiger partial charge on any atom is -0.456 e. The average Bonchev–Trinajstić information content (AvgIpc) is 3.63. The lowest BCUT2D eigenvalue weighted by Gasteiger charge is -2.30. The maximum absolute atomic E-state index is 6.65. The van der Waals surface area contributed by atoms with Crippen LogP contribution in [0.3, 0.4) is 0 Å². The van der Waals surface area contributed by atoms with E-state index in [1.807, 2.05) is 0 Å². The van der Waals surface area contributed by atoms with Gasteiger partial charge in [0.25, 0.3) is 0 Å². The van der Waals surface area contributed by atoms with Crippen LogP contribution in [0.2, 0.25) is 0 Å². The Morgan fingerprint density at radius 1 is 0.491 bits per heavy atom. The fourth-order valence-electron chi connectivity index (χ4n) is 8.74. The smallest absolute Gasteiger partial charge is 0.137 e. The number of rotatable bonds is 4. The summed E-state index contributed by atoms with van der Waals surface area (Å²) in [6.07, 6.45) is 0. The first-order valence-electron chi connectivity index (χ1n) is 18.7. The Morgan fingerprint density at radius 3 is 1.94 bits per heavy atom. The maximum Gasteiger partial charge on any atom is 0.137 e. The third-order valence-electron chi connectivity index (χ3n) is 11.6. The molecule has 53 heavy (non-hydrogen) atoms. The molecular formula is C51H41NO. The molecule has 0 fully saturated rings. The van der Waals surface area contributed by atoms with Crippen molar-refractivity contribution in [2.75, 3.05) is 4.90 Å². The molecule has 0 atom stereocenters. The highest BCUT2D eigenvalue weighted by atomic mass is 16.3. The van der Waals surface area contributed by atoms with Crippen LogP contribution in [0, 0.1) is 0 Å². The molecule has 2 nitrogen and oxygen atoms in total. The molecule has 1 heterocycles. The molecule has 0 N–H and O–H groups in total. The van der Waals surface area contributed by atoms with Crippen LogP contribution in [0.1, 0.15) is 51.3 Å². The molecule has 1 aromatic heterocycles. The van der Waals surface area contributed by atoms with Gasteiger partial charge in [0.2, 0.25) is 0 Å². The molecule has 0 unspecified atom stereocenters. The summed E-state index contributed by atoms with van der Waals surface area (Å²) in [5.74, 6) is 0. The summed E-state index contributed by atoms with van der Waals surface area (Å²) < 4.78 is 6.65. The van der Waals surface area contributed by atoms with Gasteiger partial charge in [0, 0.05) is 39.2 Å². The summed E-state index contributed by atoms with van der Waals surface area (Å²) in [6.45, 7) is 11.5. The lowest BCUT2D eigenvalue weighted by atomic mass is 9.81. The van der Waals surface area contributed by atoms with Crippen molar-refractivity contribution in [3.05, 3.63) is 174 Å². The van der Waals surface area contributed by atoms with Gasteiger partial charge in [-0.05, 0) is 109 Å². The lowest BCUT2D eigenvalue weighted by Crippen LogP contribution is -2.15. The molecule has 0 spiro atoms. The monoisotopic (exact) mass is 683 g/mol. The van der Waals surface area contributed by atoms with Gasteiger partial charge in [0.05, 0.1) is 5.69 Å². The third-order valence-corrected chi connectivity index (χ3v) is 11.6. The standard InChI is InChI=1S/C51H41NO/c1-50(2,3)36-20-22-37(23-21-36)52(38-24-26-42-43-28-33-13-6-7-14-34(33)30-47(43)53-48(42)31-38)46-27-19-32-12-8-9-15-39(32)49(46)35-18-25-41-40-16-10-11-17-44(40)51(4,5)45(41)29-35/h6-31H,1-5H3. The van der Waals surface area contributed by atoms with Crippen molar-refractivity contribution in [3.8, 4) is 22.3 Å². The zero-order chi connectivity index (χ0) is 36.1. The van der Waals surface area contributed by atoms with Crippen LogP contribution in [-0.4, -0.2) is 0 Å². The molecule has 0 saturated carbocycles. The molecule has 10 rings (SSSR count). The van der Waals surface area contributed by atoms with Crippen molar-refractivity contribution >= 4 is 60.5 Å². The molecule has 256 valence electrons. The number of hydrogen-bond donors (Lipinski definition) is 0. The van der Waals surface area contributed by atoms with E-state index in [0.29, 0.717) is 0 Å². The minimum atomic E-state index is -0.105. The van der Waals surface area contributed by atoms with Gasteiger partial charge in [0.1, 0.15) is 11.2 Å². The summed E-state index contributed by atoms with van der Waals surface area (Å²) in [7, 11) is 0. The third kappa shape index (κ3) is 4.93. The van der Waals surface area contributed by atoms with Crippen LogP contribution in [0.15, 0.2) is 162 Å². The highest BCUT2D eigenvalue weighted by Gasteiger charge is 2.35. The van der Waals surface area contributed by atoms with E-state index in [0.717, 1.165) is 39.0 Å². The zero-order valence-electron chi connectivity index (χ0n) is 30.9. The molecule has 0 saturated heterocycles. The van der Waals surface area contributed by atoms with Crippen LogP contribution in [0.5, 0.6) is 0 Å². The Hall–Kier alpha value is -6.12. The van der Waals surface area contributed by atoms with Crippen LogP contribution < -0.4 is 4.90 Å². The van der Waals surface area contributed by atoms with Crippen molar-refractivity contribution in [2.24, 2.45) is 0 Å². The second-order valence-corrected chi connectivity index (χ2v) is 16.2. The van der Waals surface area contributed by atoms with Gasteiger partial charge in [-0.25, -0.2) is 0 Å². The van der Waals surface area contributed by atoms with E-state index in [4.69, 9.17) is 4.42 Å². The first-order chi connectivity index (χ1) is 25.6. The number of nitrogens with zero attached hydrogens (tertiary/aromatic N) is 1. The van der Waals surface area contributed by atoms with Crippen molar-refractivity contribution in [3.63, 3.8) is 0 Å². The van der Waals surface area contributed by atoms with E-state index in [1.54, 1.807) is 0 Å². The lowest BCUT2D eigenvalue weighted by molar-refractivity contribution is 0.590. The summed E-state index contributed by atoms with van der Waals surface area (Å²) in [5.41, 5.74) is 14.2. The van der Waals surface area contributed by atoms with Gasteiger partial charge in [0.15, 0.2) is 0 Å². The Morgan fingerprint density at radius 2 is 1.15 bits per heavy atom. The maximum atomic E-state index is 6.65. The van der Waals surface area contributed by atoms with E-state index in [-0.39, 0.29) is 10.8 Å². The van der Waals surface area contributed by atoms with E-state index in [9.17, 15) is 0 Å². The van der Waals surface area contributed by atoms with E-state index in [2.05, 4.69) is 197 Å². The van der Waals surface area contributed by atoms with Gasteiger partial charge >= 0.3 is 0 Å². The summed E-state index contributed by atoms with van der Waals surface area (Å²) in [6, 6.07) is 58.1. The molecule has 2 heteroatoms. The number of hydrogen-bond acceptors (Lipinski definition) is 2. The topological polar surface area (TPSA) is 16.4 Å². The molecule has 1 aliphatic rings. The van der Waals surface area contributed by atoms with Gasteiger partial charge < -0.3 is 9.32 Å². The summed E-state index contributed by atoms with van der Waals surface area (Å²) in [4.78, 5) is 2.42. The van der Waals surface area contributed by atoms with Crippen LogP contribution in [0.4, 0.5) is 17.1 Å². The van der Waals surface area contributed by atoms with Crippen molar-refractivity contribution in [2.45, 2.75) is 45.4 Å². The largest absolute Gasteiger partial charge is 0.456 e. The zero-order valence-corrected chi connectivity index (χ0v) is 30.9. The number of benzene rings is 8. The molecule has 8 aromatic carbocycles. The molecular weight excluding hydrogens is 643 g/mol. The van der Waals surface area contributed by atoms with E-state index >= 15 is 0 Å². The molecule has 9 aromatic rings. The highest BCUT2D eigenvalue weighted by molar-refractivity contribution is 6.11. The second kappa shape index (κ2) is 11.4. The van der Waals surface area contributed by atoms with Gasteiger partial charge in [-0.2, -0.15) is 0 Å². The molecule has 0 radical (unpaired) electrons. The van der Waals surface area contributed by atoms with E-state index < -0.39 is 0 Å². The Kier molecular flexibility index (Phi) is 6.82. The number of fused-ring (bicyclic) bond motifs is 8. The van der Waals surface area contributed by atoms with Crippen LogP contribution >= 0.6 is 0 Å². The number of anilines is 3. The Bertz CT molecular complexity index is 2900. The first kappa shape index (κ1) is 31.6. The molecule has 1 aliphatic carbocycles. The van der Waals surface area contributed by atoms with Crippen LogP contribution in [-0.2, 0) is 10.8 Å². The average molecular weight is 684 g/mol. The van der Waals surface area contributed by atoms with Crippen molar-refractivity contribution in [1.29, 1.82) is 0 Å². The predicted molar refractivity (Wildman–Crippen MR) is 225 cm³/mol. The van der Waals surface area contributed by atoms with Gasteiger partial charge in [-0.1, -0.05) is 138 Å². The normalized spacial score (nSPS) is 13.5. The predicted octanol–water partition coefficient (Wildman–Crippen LogP) is 14.6. The summed E-state index contributed by atoms with van der Waals surface area (Å²) >= 11 is 0. The quantitative estimate of drug-likeness (QED) is 0.184. The molecule has 0 amide bonds. The van der Waals surface area contributed by atoms with E-state index in [1.165, 1.54) is 60.5 Å². The minimum absolute atomic E-state index is 0.0446. The SMILES string of the molecule is CC(C)(C)c1ccc(N(c2ccc3c(c2)oc2cc4ccccc4cc23)c2ccc3ccccc3c2-c2ccc3c(c2)C(C)(C)c2ccccc2-3)cc1. The summed E-state index contributed by atoms with van der Waals surface area (Å²) in [5, 5.41) is 7.11. The highest BCUT2D eigenvalue weighted by Crippen LogP contribution is 2.52. The fourth-order valence-corrected chi connectivity index (χ4v) is 8.74. The van der Waals surface area contributed by atoms with Crippen LogP contribution in [0.25, 0.3) is 65.7 Å². The first-order valence-corrected chi connectivity index (χ1v) is 18.7. The molecule has 0 bridgehead atoms. The second-order valence-electron chi connectivity index (χ2n) is 16.2. The van der Waals surface area contributed by atoms with Crippen molar-refractivity contribution < 1.29 is 4.42 Å². The molecule has 0 aliphatic heterocycles. The van der Waals surface area contributed by atoms with Crippen molar-refractivity contribution in [1.82, 2.24) is 0 Å².